The molecule has 1 unspecified atom stereocenters. The average molecular weight is 276 g/mol. The third-order valence-electron chi connectivity index (χ3n) is 4.40. The summed E-state index contributed by atoms with van der Waals surface area (Å²) in [7, 11) is 0. The molecule has 1 aromatic carbocycles. The van der Waals surface area contributed by atoms with Crippen LogP contribution >= 0.6 is 11.6 Å². The molecule has 0 bridgehead atoms. The van der Waals surface area contributed by atoms with Gasteiger partial charge in [0.15, 0.2) is 0 Å². The molecule has 0 amide bonds. The van der Waals surface area contributed by atoms with E-state index in [1.54, 1.807) is 6.07 Å². The van der Waals surface area contributed by atoms with Crippen molar-refractivity contribution in [3.05, 3.63) is 28.8 Å². The Morgan fingerprint density at radius 2 is 2.26 bits per heavy atom. The Morgan fingerprint density at radius 3 is 2.89 bits per heavy atom. The lowest BCUT2D eigenvalue weighted by atomic mass is 9.70. The lowest BCUT2D eigenvalue weighted by Gasteiger charge is -2.48. The van der Waals surface area contributed by atoms with E-state index in [0.717, 1.165) is 18.7 Å². The van der Waals surface area contributed by atoms with E-state index in [1.807, 2.05) is 12.1 Å². The van der Waals surface area contributed by atoms with E-state index < -0.39 is 0 Å². The molecule has 1 spiro atoms. The molecule has 1 aliphatic carbocycles. The third-order valence-corrected chi connectivity index (χ3v) is 4.71. The number of rotatable bonds is 2. The number of halogens is 1. The molecule has 0 aromatic heterocycles. The zero-order chi connectivity index (χ0) is 13.3. The summed E-state index contributed by atoms with van der Waals surface area (Å²) in [6, 6.07) is 8.04. The number of benzene rings is 1. The highest BCUT2D eigenvalue weighted by molar-refractivity contribution is 6.33. The predicted octanol–water partition coefficient (Wildman–Crippen LogP) is 3.30. The van der Waals surface area contributed by atoms with Gasteiger partial charge in [-0.1, -0.05) is 11.6 Å². The van der Waals surface area contributed by atoms with Gasteiger partial charge in [-0.15, -0.1) is 0 Å². The van der Waals surface area contributed by atoms with Crippen molar-refractivity contribution in [2.45, 2.75) is 43.7 Å². The summed E-state index contributed by atoms with van der Waals surface area (Å²) in [6.45, 7) is 1.07. The van der Waals surface area contributed by atoms with Gasteiger partial charge in [0.1, 0.15) is 0 Å². The summed E-state index contributed by atoms with van der Waals surface area (Å²) >= 11 is 6.22. The maximum absolute atomic E-state index is 8.85. The van der Waals surface area contributed by atoms with Crippen LogP contribution in [0.1, 0.15) is 37.7 Å². The van der Waals surface area contributed by atoms with E-state index in [4.69, 9.17) is 16.9 Å². The molecule has 2 N–H and O–H groups in total. The van der Waals surface area contributed by atoms with Crippen molar-refractivity contribution in [2.24, 2.45) is 0 Å². The lowest BCUT2D eigenvalue weighted by molar-refractivity contribution is 0.135. The molecule has 19 heavy (non-hydrogen) atoms. The van der Waals surface area contributed by atoms with Gasteiger partial charge in [-0.2, -0.15) is 5.26 Å². The van der Waals surface area contributed by atoms with Crippen molar-refractivity contribution < 1.29 is 0 Å². The molecular formula is C15H18ClN3. The Bertz CT molecular complexity index is 517. The number of nitrogens with one attached hydrogen (secondary N) is 2. The van der Waals surface area contributed by atoms with Crippen molar-refractivity contribution in [3.8, 4) is 6.07 Å². The summed E-state index contributed by atoms with van der Waals surface area (Å²) in [5, 5.41) is 16.7. The van der Waals surface area contributed by atoms with E-state index in [0.29, 0.717) is 22.2 Å². The van der Waals surface area contributed by atoms with Crippen molar-refractivity contribution in [2.75, 3.05) is 11.9 Å². The molecule has 1 saturated heterocycles. The first kappa shape index (κ1) is 12.8. The molecule has 1 heterocycles. The average Bonchev–Trinajstić information content (AvgIpc) is 2.39. The van der Waals surface area contributed by atoms with Gasteiger partial charge in [0.25, 0.3) is 0 Å². The molecular weight excluding hydrogens is 258 g/mol. The monoisotopic (exact) mass is 275 g/mol. The normalized spacial score (nSPS) is 24.5. The number of hydrogen-bond donors (Lipinski definition) is 2. The highest BCUT2D eigenvalue weighted by Gasteiger charge is 2.40. The second kappa shape index (κ2) is 5.03. The van der Waals surface area contributed by atoms with Gasteiger partial charge in [-0.3, -0.25) is 0 Å². The maximum atomic E-state index is 8.85. The van der Waals surface area contributed by atoms with Crippen LogP contribution in [0, 0.1) is 11.3 Å². The third kappa shape index (κ3) is 2.56. The minimum Gasteiger partial charge on any atom is -0.381 e. The van der Waals surface area contributed by atoms with E-state index in [1.165, 1.54) is 25.7 Å². The van der Waals surface area contributed by atoms with Gasteiger partial charge in [0, 0.05) is 11.6 Å². The number of nitriles is 1. The van der Waals surface area contributed by atoms with Gasteiger partial charge in [-0.25, -0.2) is 0 Å². The Balaban J connectivity index is 1.69. The Kier molecular flexibility index (Phi) is 3.38. The zero-order valence-electron chi connectivity index (χ0n) is 10.9. The summed E-state index contributed by atoms with van der Waals surface area (Å²) in [4.78, 5) is 0. The molecule has 1 aromatic rings. The summed E-state index contributed by atoms with van der Waals surface area (Å²) in [5.74, 6) is 0. The second-order valence-corrected chi connectivity index (χ2v) is 6.11. The highest BCUT2D eigenvalue weighted by atomic mass is 35.5. The summed E-state index contributed by atoms with van der Waals surface area (Å²) in [6.07, 6.45) is 6.23. The van der Waals surface area contributed by atoms with Crippen LogP contribution in [-0.4, -0.2) is 18.1 Å². The number of nitrogens with zero attached hydrogens (tertiary/aromatic N) is 1. The molecule has 4 heteroatoms. The summed E-state index contributed by atoms with van der Waals surface area (Å²) < 4.78 is 0. The van der Waals surface area contributed by atoms with Crippen LogP contribution in [0.25, 0.3) is 0 Å². The molecule has 1 aliphatic heterocycles. The minimum absolute atomic E-state index is 0.384. The molecule has 1 saturated carbocycles. The van der Waals surface area contributed by atoms with Crippen LogP contribution in [0.3, 0.4) is 0 Å². The van der Waals surface area contributed by atoms with Gasteiger partial charge in [0.05, 0.1) is 22.3 Å². The van der Waals surface area contributed by atoms with Crippen LogP contribution in [-0.2, 0) is 0 Å². The van der Waals surface area contributed by atoms with Gasteiger partial charge in [0.2, 0.25) is 0 Å². The van der Waals surface area contributed by atoms with Crippen molar-refractivity contribution >= 4 is 17.3 Å². The lowest BCUT2D eigenvalue weighted by Crippen LogP contribution is -2.58. The van der Waals surface area contributed by atoms with Gasteiger partial charge >= 0.3 is 0 Å². The van der Waals surface area contributed by atoms with Crippen molar-refractivity contribution in [1.82, 2.24) is 5.32 Å². The van der Waals surface area contributed by atoms with Gasteiger partial charge in [-0.05, 0) is 56.8 Å². The van der Waals surface area contributed by atoms with Crippen LogP contribution in [0.15, 0.2) is 18.2 Å². The highest BCUT2D eigenvalue weighted by Crippen LogP contribution is 2.39. The Morgan fingerprint density at radius 1 is 1.42 bits per heavy atom. The molecule has 0 radical (unpaired) electrons. The van der Waals surface area contributed by atoms with E-state index in [2.05, 4.69) is 16.7 Å². The van der Waals surface area contributed by atoms with Crippen molar-refractivity contribution in [3.63, 3.8) is 0 Å². The minimum atomic E-state index is 0.384. The largest absolute Gasteiger partial charge is 0.381 e. The van der Waals surface area contributed by atoms with Gasteiger partial charge < -0.3 is 10.6 Å². The fraction of sp³-hybridized carbons (Fsp3) is 0.533. The Hall–Kier alpha value is -1.24. The number of piperidine rings is 1. The predicted molar refractivity (Wildman–Crippen MR) is 77.4 cm³/mol. The Labute approximate surface area is 118 Å². The van der Waals surface area contributed by atoms with Crippen molar-refractivity contribution in [1.29, 1.82) is 5.26 Å². The first-order valence-electron chi connectivity index (χ1n) is 6.92. The molecule has 2 fully saturated rings. The second-order valence-electron chi connectivity index (χ2n) is 5.70. The zero-order valence-corrected chi connectivity index (χ0v) is 11.6. The molecule has 1 atom stereocenters. The van der Waals surface area contributed by atoms with E-state index in [-0.39, 0.29) is 0 Å². The molecule has 2 aliphatic rings. The quantitative estimate of drug-likeness (QED) is 0.871. The molecule has 100 valence electrons. The molecule has 3 nitrogen and oxygen atoms in total. The SMILES string of the molecule is N#Cc1ccc(NC2CCNC3(CCC3)C2)c(Cl)c1. The fourth-order valence-electron chi connectivity index (χ4n) is 3.19. The van der Waals surface area contributed by atoms with E-state index >= 15 is 0 Å². The van der Waals surface area contributed by atoms with Crippen LogP contribution in [0.4, 0.5) is 5.69 Å². The maximum Gasteiger partial charge on any atom is 0.0992 e. The first-order chi connectivity index (χ1) is 9.21. The van der Waals surface area contributed by atoms with Crippen LogP contribution < -0.4 is 10.6 Å². The first-order valence-corrected chi connectivity index (χ1v) is 7.30. The molecule has 3 rings (SSSR count). The van der Waals surface area contributed by atoms with E-state index in [9.17, 15) is 0 Å². The fourth-order valence-corrected chi connectivity index (χ4v) is 3.42. The smallest absolute Gasteiger partial charge is 0.0992 e. The standard InChI is InChI=1S/C15H18ClN3/c16-13-8-11(10-17)2-3-14(13)19-12-4-7-18-15(9-12)5-1-6-15/h2-3,8,12,18-19H,1,4-7,9H2. The number of anilines is 1. The topological polar surface area (TPSA) is 47.9 Å². The summed E-state index contributed by atoms with van der Waals surface area (Å²) in [5.41, 5.74) is 1.94. The van der Waals surface area contributed by atoms with Crippen LogP contribution in [0.2, 0.25) is 5.02 Å². The number of hydrogen-bond acceptors (Lipinski definition) is 3. The van der Waals surface area contributed by atoms with Crippen LogP contribution in [0.5, 0.6) is 0 Å².